The summed E-state index contributed by atoms with van der Waals surface area (Å²) >= 11 is 3.37. The third-order valence-corrected chi connectivity index (χ3v) is 9.75. The van der Waals surface area contributed by atoms with Crippen LogP contribution >= 0.6 is 28.3 Å². The van der Waals surface area contributed by atoms with Gasteiger partial charge in [-0.3, -0.25) is 0 Å². The summed E-state index contributed by atoms with van der Waals surface area (Å²) in [6.07, 6.45) is 7.54. The Kier molecular flexibility index (Phi) is 25.3. The summed E-state index contributed by atoms with van der Waals surface area (Å²) in [5, 5.41) is 6.76. The molecule has 3 aliphatic heterocycles. The van der Waals surface area contributed by atoms with E-state index < -0.39 is 5.60 Å². The van der Waals surface area contributed by atoms with Crippen molar-refractivity contribution in [1.82, 2.24) is 15.5 Å². The number of benzene rings is 3. The standard InChI is InChI=1S/C18H28N2O3.C13H20N2O.C8H9BrO.C6H13N.ClH/c1-5-22-16-10-7-6-9-15(16)19-11-8-12-20(14-13-19)17(21)23-18(2,3)4;1-2-16-13-7-4-3-6-12(13)15-10-5-8-14-9-11-15;1-2-10-8-6-4-3-5-7(8)9;1-2-4-6-7-5-3-1;/h6-7,9-10H,5,8,11-14H2,1-4H3;3-4,6-7,14H,2,5,8-11H2,1H3;3-6H,2H2,1H3;7H,1-6H2;1H. The lowest BCUT2D eigenvalue weighted by Gasteiger charge is -2.27. The summed E-state index contributed by atoms with van der Waals surface area (Å²) in [6.45, 7) is 23.7. The molecule has 10 nitrogen and oxygen atoms in total. The first-order valence-electron chi connectivity index (χ1n) is 20.9. The minimum Gasteiger partial charge on any atom is -0.493 e. The smallest absolute Gasteiger partial charge is 0.410 e. The highest BCUT2D eigenvalue weighted by Crippen LogP contribution is 2.30. The van der Waals surface area contributed by atoms with Gasteiger partial charge in [-0.15, -0.1) is 12.4 Å². The Hall–Kier alpha value is -3.38. The third-order valence-electron chi connectivity index (χ3n) is 9.09. The van der Waals surface area contributed by atoms with Crippen molar-refractivity contribution in [2.75, 3.05) is 95.1 Å². The summed E-state index contributed by atoms with van der Waals surface area (Å²) in [6, 6.07) is 24.2. The van der Waals surface area contributed by atoms with E-state index in [1.807, 2.05) is 90.1 Å². The number of hydrogen-bond donors (Lipinski definition) is 2. The van der Waals surface area contributed by atoms with Crippen LogP contribution in [0.5, 0.6) is 17.2 Å². The fourth-order valence-corrected chi connectivity index (χ4v) is 6.84. The van der Waals surface area contributed by atoms with Gasteiger partial charge in [-0.1, -0.05) is 49.2 Å². The van der Waals surface area contributed by atoms with Crippen LogP contribution in [0.25, 0.3) is 0 Å². The van der Waals surface area contributed by atoms with E-state index in [9.17, 15) is 4.79 Å². The van der Waals surface area contributed by atoms with Crippen LogP contribution in [0.2, 0.25) is 0 Å². The predicted octanol–water partition coefficient (Wildman–Crippen LogP) is 9.84. The van der Waals surface area contributed by atoms with Crippen molar-refractivity contribution in [3.8, 4) is 17.2 Å². The minimum absolute atomic E-state index is 0. The minimum atomic E-state index is -0.454. The molecule has 0 bridgehead atoms. The number of nitrogens with zero attached hydrogens (tertiary/aromatic N) is 3. The topological polar surface area (TPSA) is 87.8 Å². The molecule has 320 valence electrons. The Labute approximate surface area is 358 Å². The predicted molar refractivity (Wildman–Crippen MR) is 243 cm³/mol. The molecular weight excluding hydrogens is 806 g/mol. The quantitative estimate of drug-likeness (QED) is 0.230. The van der Waals surface area contributed by atoms with E-state index in [1.54, 1.807) is 4.90 Å². The largest absolute Gasteiger partial charge is 0.493 e. The molecular formula is C45H71BrClN5O5. The van der Waals surface area contributed by atoms with Crippen LogP contribution in [0.4, 0.5) is 16.2 Å². The molecule has 3 aromatic rings. The van der Waals surface area contributed by atoms with Crippen LogP contribution in [0.3, 0.4) is 0 Å². The van der Waals surface area contributed by atoms with E-state index in [2.05, 4.69) is 60.6 Å². The Morgan fingerprint density at radius 2 is 1.05 bits per heavy atom. The first-order chi connectivity index (χ1) is 27.2. The number of anilines is 2. The SMILES string of the molecule is C1CCCNCC1.CCOc1ccccc1Br.CCOc1ccccc1N1CCCN(C(=O)OC(C)(C)C)CC1.CCOc1ccccc1N1CCCNCC1.Cl. The van der Waals surface area contributed by atoms with Gasteiger partial charge in [0.25, 0.3) is 0 Å². The number of nitrogens with one attached hydrogen (secondary N) is 2. The molecule has 0 atom stereocenters. The van der Waals surface area contributed by atoms with Gasteiger partial charge in [0.05, 0.1) is 35.7 Å². The van der Waals surface area contributed by atoms with Gasteiger partial charge in [0.1, 0.15) is 22.8 Å². The van der Waals surface area contributed by atoms with Crippen LogP contribution in [0.15, 0.2) is 77.3 Å². The van der Waals surface area contributed by atoms with E-state index in [0.29, 0.717) is 19.8 Å². The molecule has 3 fully saturated rings. The van der Waals surface area contributed by atoms with Crippen molar-refractivity contribution < 1.29 is 23.7 Å². The van der Waals surface area contributed by atoms with Crippen LogP contribution in [-0.2, 0) is 4.74 Å². The lowest BCUT2D eigenvalue weighted by atomic mass is 10.2. The van der Waals surface area contributed by atoms with E-state index in [4.69, 9.17) is 18.9 Å². The fraction of sp³-hybridized carbons (Fsp3) is 0.578. The number of hydrogen-bond acceptors (Lipinski definition) is 9. The van der Waals surface area contributed by atoms with Gasteiger partial charge < -0.3 is 44.3 Å². The third kappa shape index (κ3) is 19.8. The molecule has 3 heterocycles. The Morgan fingerprint density at radius 3 is 1.61 bits per heavy atom. The zero-order valence-electron chi connectivity index (χ0n) is 35.5. The summed E-state index contributed by atoms with van der Waals surface area (Å²) < 4.78 is 23.2. The highest BCUT2D eigenvalue weighted by atomic mass is 79.9. The van der Waals surface area contributed by atoms with Crippen LogP contribution in [0.1, 0.15) is 80.1 Å². The molecule has 3 saturated heterocycles. The number of carbonyl (C=O) groups excluding carboxylic acids is 1. The fourth-order valence-electron chi connectivity index (χ4n) is 6.44. The average Bonchev–Trinajstić information content (AvgIpc) is 3.75. The lowest BCUT2D eigenvalue weighted by molar-refractivity contribution is 0.0263. The Balaban J connectivity index is 0.000000285. The molecule has 0 aromatic heterocycles. The lowest BCUT2D eigenvalue weighted by Crippen LogP contribution is -2.39. The maximum atomic E-state index is 12.2. The van der Waals surface area contributed by atoms with Gasteiger partial charge in [0.2, 0.25) is 0 Å². The first-order valence-corrected chi connectivity index (χ1v) is 21.7. The maximum Gasteiger partial charge on any atom is 0.410 e. The number of para-hydroxylation sites is 5. The maximum absolute atomic E-state index is 12.2. The number of ether oxygens (including phenoxy) is 4. The normalized spacial score (nSPS) is 15.8. The second kappa shape index (κ2) is 28.9. The molecule has 2 N–H and O–H groups in total. The molecule has 3 aromatic carbocycles. The van der Waals surface area contributed by atoms with Crippen LogP contribution in [-0.4, -0.2) is 102 Å². The monoisotopic (exact) mass is 875 g/mol. The zero-order chi connectivity index (χ0) is 40.4. The molecule has 0 unspecified atom stereocenters. The molecule has 0 aliphatic carbocycles. The number of amides is 1. The number of rotatable bonds is 8. The summed E-state index contributed by atoms with van der Waals surface area (Å²) in [5.41, 5.74) is 1.87. The second-order valence-electron chi connectivity index (χ2n) is 14.7. The van der Waals surface area contributed by atoms with Gasteiger partial charge in [0.15, 0.2) is 0 Å². The second-order valence-corrected chi connectivity index (χ2v) is 15.6. The van der Waals surface area contributed by atoms with E-state index in [1.165, 1.54) is 50.9 Å². The summed E-state index contributed by atoms with van der Waals surface area (Å²) in [5.74, 6) is 2.82. The molecule has 1 amide bonds. The molecule has 0 radical (unpaired) electrons. The van der Waals surface area contributed by atoms with Gasteiger partial charge >= 0.3 is 6.09 Å². The Morgan fingerprint density at radius 1 is 0.579 bits per heavy atom. The van der Waals surface area contributed by atoms with Crippen molar-refractivity contribution in [3.63, 3.8) is 0 Å². The zero-order valence-corrected chi connectivity index (χ0v) is 37.9. The average molecular weight is 877 g/mol. The van der Waals surface area contributed by atoms with E-state index in [-0.39, 0.29) is 18.5 Å². The van der Waals surface area contributed by atoms with Gasteiger partial charge in [-0.05, 0) is 139 Å². The van der Waals surface area contributed by atoms with Crippen molar-refractivity contribution in [3.05, 3.63) is 77.3 Å². The number of halogens is 2. The van der Waals surface area contributed by atoms with E-state index >= 15 is 0 Å². The van der Waals surface area contributed by atoms with Crippen LogP contribution in [0, 0.1) is 0 Å². The summed E-state index contributed by atoms with van der Waals surface area (Å²) in [4.78, 5) is 18.7. The van der Waals surface area contributed by atoms with Crippen molar-refractivity contribution in [1.29, 1.82) is 0 Å². The molecule has 57 heavy (non-hydrogen) atoms. The van der Waals surface area contributed by atoms with E-state index in [0.717, 1.165) is 86.2 Å². The summed E-state index contributed by atoms with van der Waals surface area (Å²) in [7, 11) is 0. The van der Waals surface area contributed by atoms with Crippen molar-refractivity contribution >= 4 is 45.8 Å². The highest BCUT2D eigenvalue weighted by Gasteiger charge is 2.25. The number of carbonyl (C=O) groups is 1. The molecule has 0 spiro atoms. The Bertz CT molecular complexity index is 1490. The van der Waals surface area contributed by atoms with Gasteiger partial charge in [-0.25, -0.2) is 4.79 Å². The molecule has 3 aliphatic rings. The van der Waals surface area contributed by atoms with Gasteiger partial charge in [-0.2, -0.15) is 0 Å². The molecule has 6 rings (SSSR count). The van der Waals surface area contributed by atoms with Gasteiger partial charge in [0, 0.05) is 45.8 Å². The molecule has 0 saturated carbocycles. The van der Waals surface area contributed by atoms with Crippen LogP contribution < -0.4 is 34.6 Å². The highest BCUT2D eigenvalue weighted by molar-refractivity contribution is 9.10. The first kappa shape index (κ1) is 49.8. The van der Waals surface area contributed by atoms with Crippen molar-refractivity contribution in [2.24, 2.45) is 0 Å². The molecule has 12 heteroatoms. The van der Waals surface area contributed by atoms with Crippen molar-refractivity contribution in [2.45, 2.75) is 85.7 Å².